The topological polar surface area (TPSA) is 0 Å². The molecular weight excluding hydrogens is 444 g/mol. The van der Waals surface area contributed by atoms with Gasteiger partial charge in [0.25, 0.3) is 0 Å². The summed E-state index contributed by atoms with van der Waals surface area (Å²) in [5.74, 6) is 0.366. The third kappa shape index (κ3) is 15.6. The third-order valence-corrected chi connectivity index (χ3v) is 5.36. The zero-order chi connectivity index (χ0) is 29.2. The molecule has 0 heteroatoms. The lowest BCUT2D eigenvalue weighted by Gasteiger charge is -2.16. The first-order valence-electron chi connectivity index (χ1n) is 14.0. The summed E-state index contributed by atoms with van der Waals surface area (Å²) in [5, 5.41) is 0. The Morgan fingerprint density at radius 2 is 1.49 bits per heavy atom. The van der Waals surface area contributed by atoms with Gasteiger partial charge in [0.2, 0.25) is 0 Å². The fourth-order valence-corrected chi connectivity index (χ4v) is 3.80. The van der Waals surface area contributed by atoms with Crippen molar-refractivity contribution in [3.8, 4) is 0 Å². The Morgan fingerprint density at radius 1 is 0.919 bits per heavy atom. The van der Waals surface area contributed by atoms with Crippen LogP contribution in [0.5, 0.6) is 0 Å². The van der Waals surface area contributed by atoms with E-state index in [1.807, 2.05) is 53.7 Å². The molecule has 1 aliphatic rings. The molecule has 1 aromatic carbocycles. The van der Waals surface area contributed by atoms with E-state index in [4.69, 9.17) is 0 Å². The molecule has 204 valence electrons. The van der Waals surface area contributed by atoms with Crippen LogP contribution in [0, 0.1) is 5.92 Å². The highest BCUT2D eigenvalue weighted by Gasteiger charge is 2.18. The van der Waals surface area contributed by atoms with Crippen molar-refractivity contribution in [2.75, 3.05) is 0 Å². The highest BCUT2D eigenvalue weighted by molar-refractivity contribution is 5.73. The number of benzene rings is 1. The van der Waals surface area contributed by atoms with Gasteiger partial charge in [-0.3, -0.25) is 0 Å². The van der Waals surface area contributed by atoms with E-state index < -0.39 is 0 Å². The van der Waals surface area contributed by atoms with Crippen molar-refractivity contribution in [1.29, 1.82) is 0 Å². The normalized spacial score (nSPS) is 11.4. The molecule has 1 aliphatic carbocycles. The van der Waals surface area contributed by atoms with Crippen molar-refractivity contribution < 1.29 is 0 Å². The molecule has 2 rings (SSSR count). The van der Waals surface area contributed by atoms with Gasteiger partial charge in [0.15, 0.2) is 0 Å². The average molecular weight is 501 g/mol. The molecule has 0 saturated carbocycles. The van der Waals surface area contributed by atoms with Crippen LogP contribution in [0.2, 0.25) is 0 Å². The summed E-state index contributed by atoms with van der Waals surface area (Å²) in [5.41, 5.74) is 14.9. The van der Waals surface area contributed by atoms with Gasteiger partial charge < -0.3 is 0 Å². The summed E-state index contributed by atoms with van der Waals surface area (Å²) in [7, 11) is 0. The summed E-state index contributed by atoms with van der Waals surface area (Å²) < 4.78 is 0. The zero-order valence-electron chi connectivity index (χ0n) is 25.8. The molecule has 0 nitrogen and oxygen atoms in total. The zero-order valence-corrected chi connectivity index (χ0v) is 25.8. The number of hydrogen-bond donors (Lipinski definition) is 0. The Hall–Kier alpha value is -3.04. The lowest BCUT2D eigenvalue weighted by molar-refractivity contribution is 0.688. The second kappa shape index (κ2) is 26.0. The molecule has 0 aromatic heterocycles. The van der Waals surface area contributed by atoms with Crippen LogP contribution in [0.3, 0.4) is 0 Å². The van der Waals surface area contributed by atoms with Gasteiger partial charge in [-0.1, -0.05) is 128 Å². The molecule has 0 amide bonds. The van der Waals surface area contributed by atoms with Crippen molar-refractivity contribution in [3.63, 3.8) is 0 Å². The average Bonchev–Trinajstić information content (AvgIpc) is 3.27. The maximum Gasteiger partial charge on any atom is 0.0225 e. The fraction of sp³-hybridized carbons (Fsp3) is 0.405. The van der Waals surface area contributed by atoms with Crippen LogP contribution in [-0.2, 0) is 6.42 Å². The molecule has 0 heterocycles. The third-order valence-electron chi connectivity index (χ3n) is 5.36. The second-order valence-corrected chi connectivity index (χ2v) is 8.06. The van der Waals surface area contributed by atoms with Gasteiger partial charge in [0.1, 0.15) is 0 Å². The molecule has 0 aliphatic heterocycles. The van der Waals surface area contributed by atoms with Crippen molar-refractivity contribution in [1.82, 2.24) is 0 Å². The first-order valence-corrected chi connectivity index (χ1v) is 14.0. The predicted molar refractivity (Wildman–Crippen MR) is 174 cm³/mol. The lowest BCUT2D eigenvalue weighted by Crippen LogP contribution is -2.05. The monoisotopic (exact) mass is 500 g/mol. The van der Waals surface area contributed by atoms with Crippen LogP contribution >= 0.6 is 0 Å². The molecule has 0 saturated heterocycles. The molecular formula is C37H56. The van der Waals surface area contributed by atoms with Crippen molar-refractivity contribution in [2.45, 2.75) is 94.4 Å². The Balaban J connectivity index is -0.000000751. The summed E-state index contributed by atoms with van der Waals surface area (Å²) in [6.07, 6.45) is 13.4. The van der Waals surface area contributed by atoms with E-state index in [-0.39, 0.29) is 0 Å². The molecule has 37 heavy (non-hydrogen) atoms. The van der Waals surface area contributed by atoms with Crippen LogP contribution < -0.4 is 0 Å². The van der Waals surface area contributed by atoms with E-state index in [1.165, 1.54) is 34.3 Å². The SMILES string of the molecule is C=C=C(C=C)c1cccc(CC(C)C(=C=C)C2=C(C)CC(C)=C2)c1.C=CCCCC=C.CC.CC.CC. The molecule has 1 atom stereocenters. The largest absolute Gasteiger partial charge is 0.124 e. The summed E-state index contributed by atoms with van der Waals surface area (Å²) in [4.78, 5) is 0. The van der Waals surface area contributed by atoms with E-state index in [2.05, 4.69) is 95.5 Å². The summed E-state index contributed by atoms with van der Waals surface area (Å²) in [6.45, 7) is 37.3. The van der Waals surface area contributed by atoms with Crippen LogP contribution in [0.25, 0.3) is 5.57 Å². The first-order chi connectivity index (χ1) is 17.9. The highest BCUT2D eigenvalue weighted by atomic mass is 14.2. The Kier molecular flexibility index (Phi) is 27.1. The molecule has 0 N–H and O–H groups in total. The number of allylic oxidation sites excluding steroid dienone is 9. The quantitative estimate of drug-likeness (QED) is 0.130. The maximum atomic E-state index is 3.94. The standard InChI is InChI=1S/C24H26.C7H12.3C2H6/c1-7-21(8-2)22-12-10-11-20(16-22)15-19(6)23(9-3)24-14-17(4)13-18(24)5;1-3-5-7-6-4-2;3*1-2/h7,10-12,14,16,19H,1-3,13,15H2,4-6H3;3-4H,1-2,5-7H2;3*1-2H3. The van der Waals surface area contributed by atoms with Crippen LogP contribution in [0.15, 0.2) is 115 Å². The Bertz CT molecular complexity index is 940. The van der Waals surface area contributed by atoms with Crippen LogP contribution in [0.4, 0.5) is 0 Å². The number of hydrogen-bond acceptors (Lipinski definition) is 0. The Labute approximate surface area is 232 Å². The maximum absolute atomic E-state index is 3.94. The van der Waals surface area contributed by atoms with Gasteiger partial charge in [-0.2, -0.15) is 0 Å². The summed E-state index contributed by atoms with van der Waals surface area (Å²) >= 11 is 0. The van der Waals surface area contributed by atoms with Gasteiger partial charge >= 0.3 is 0 Å². The van der Waals surface area contributed by atoms with Gasteiger partial charge in [0, 0.05) is 11.1 Å². The lowest BCUT2D eigenvalue weighted by atomic mass is 9.87. The van der Waals surface area contributed by atoms with Crippen molar-refractivity contribution in [2.24, 2.45) is 5.92 Å². The number of unbranched alkanes of at least 4 members (excludes halogenated alkanes) is 2. The Morgan fingerprint density at radius 3 is 1.89 bits per heavy atom. The van der Waals surface area contributed by atoms with Crippen molar-refractivity contribution >= 4 is 5.57 Å². The van der Waals surface area contributed by atoms with Gasteiger partial charge in [-0.15, -0.1) is 24.6 Å². The highest BCUT2D eigenvalue weighted by Crippen LogP contribution is 2.33. The van der Waals surface area contributed by atoms with Gasteiger partial charge in [-0.05, 0) is 68.6 Å². The molecule has 1 unspecified atom stereocenters. The van der Waals surface area contributed by atoms with E-state index >= 15 is 0 Å². The van der Waals surface area contributed by atoms with Crippen LogP contribution in [-0.4, -0.2) is 0 Å². The molecule has 0 bridgehead atoms. The molecule has 0 fully saturated rings. The van der Waals surface area contributed by atoms with Gasteiger partial charge in [0.05, 0.1) is 0 Å². The summed E-state index contributed by atoms with van der Waals surface area (Å²) in [6, 6.07) is 8.52. The van der Waals surface area contributed by atoms with Crippen LogP contribution in [0.1, 0.15) is 99.1 Å². The van der Waals surface area contributed by atoms with Gasteiger partial charge in [-0.25, -0.2) is 0 Å². The molecule has 1 aromatic rings. The second-order valence-electron chi connectivity index (χ2n) is 8.06. The fourth-order valence-electron chi connectivity index (χ4n) is 3.80. The minimum Gasteiger partial charge on any atom is -0.124 e. The van der Waals surface area contributed by atoms with E-state index in [1.54, 1.807) is 6.08 Å². The van der Waals surface area contributed by atoms with Crippen molar-refractivity contribution in [3.05, 3.63) is 126 Å². The van der Waals surface area contributed by atoms with E-state index in [9.17, 15) is 0 Å². The first kappa shape index (κ1) is 38.5. The number of rotatable bonds is 10. The molecule has 0 spiro atoms. The van der Waals surface area contributed by atoms with E-state index in [0.29, 0.717) is 5.92 Å². The predicted octanol–water partition coefficient (Wildman–Crippen LogP) is 12.2. The smallest absolute Gasteiger partial charge is 0.0225 e. The van der Waals surface area contributed by atoms with E-state index in [0.717, 1.165) is 36.8 Å². The molecule has 0 radical (unpaired) electrons. The minimum atomic E-state index is 0.366. The minimum absolute atomic E-state index is 0.366.